The minimum atomic E-state index is 0.00666. The van der Waals surface area contributed by atoms with Gasteiger partial charge in [-0.1, -0.05) is 43.5 Å². The molecule has 0 aliphatic rings. The fraction of sp³-hybridized carbons (Fsp3) is 0.500. The molecule has 0 fully saturated rings. The Labute approximate surface area is 119 Å². The lowest BCUT2D eigenvalue weighted by Crippen LogP contribution is -2.28. The first-order valence-electron chi connectivity index (χ1n) is 6.30. The monoisotopic (exact) mass is 287 g/mol. The molecule has 0 aromatic heterocycles. The van der Waals surface area contributed by atoms with Crippen molar-refractivity contribution in [2.45, 2.75) is 26.7 Å². The molecule has 1 rings (SSSR count). The van der Waals surface area contributed by atoms with E-state index in [0.29, 0.717) is 22.2 Å². The van der Waals surface area contributed by atoms with Crippen LogP contribution in [0.3, 0.4) is 0 Å². The molecular formula is C14H19Cl2NO. The van der Waals surface area contributed by atoms with E-state index in [4.69, 9.17) is 23.2 Å². The Kier molecular flexibility index (Phi) is 6.69. The van der Waals surface area contributed by atoms with E-state index in [1.54, 1.807) is 18.2 Å². The van der Waals surface area contributed by atoms with E-state index in [1.807, 2.05) is 6.92 Å². The van der Waals surface area contributed by atoms with Gasteiger partial charge in [-0.15, -0.1) is 0 Å². The molecule has 0 radical (unpaired) electrons. The van der Waals surface area contributed by atoms with Crippen molar-refractivity contribution in [3.63, 3.8) is 0 Å². The Morgan fingerprint density at radius 1 is 1.28 bits per heavy atom. The number of halogens is 2. The van der Waals surface area contributed by atoms with E-state index in [2.05, 4.69) is 12.2 Å². The number of carbonyl (C=O) groups is 1. The second-order valence-electron chi connectivity index (χ2n) is 4.29. The highest BCUT2D eigenvalue weighted by Gasteiger charge is 2.19. The molecule has 0 spiro atoms. The number of nitrogens with one attached hydrogen (secondary N) is 1. The van der Waals surface area contributed by atoms with Crippen LogP contribution in [0, 0.1) is 5.92 Å². The van der Waals surface area contributed by atoms with Crippen LogP contribution in [0.25, 0.3) is 0 Å². The predicted molar refractivity (Wildman–Crippen MR) is 77.7 cm³/mol. The highest BCUT2D eigenvalue weighted by atomic mass is 35.5. The summed E-state index contributed by atoms with van der Waals surface area (Å²) in [6.45, 7) is 5.70. The van der Waals surface area contributed by atoms with Gasteiger partial charge in [-0.25, -0.2) is 0 Å². The SMILES string of the molecule is CCCC(CNCC)C(=O)c1ccc(Cl)c(Cl)c1. The van der Waals surface area contributed by atoms with Gasteiger partial charge in [-0.3, -0.25) is 4.79 Å². The van der Waals surface area contributed by atoms with Crippen molar-refractivity contribution in [3.8, 4) is 0 Å². The van der Waals surface area contributed by atoms with Crippen molar-refractivity contribution in [2.24, 2.45) is 5.92 Å². The summed E-state index contributed by atoms with van der Waals surface area (Å²) >= 11 is 11.8. The van der Waals surface area contributed by atoms with Gasteiger partial charge in [0, 0.05) is 18.0 Å². The molecule has 1 N–H and O–H groups in total. The van der Waals surface area contributed by atoms with E-state index in [9.17, 15) is 4.79 Å². The Morgan fingerprint density at radius 3 is 2.56 bits per heavy atom. The number of carbonyl (C=O) groups excluding carboxylic acids is 1. The average molecular weight is 288 g/mol. The fourth-order valence-electron chi connectivity index (χ4n) is 1.88. The molecule has 4 heteroatoms. The topological polar surface area (TPSA) is 29.1 Å². The molecule has 0 aliphatic carbocycles. The molecule has 1 unspecified atom stereocenters. The molecular weight excluding hydrogens is 269 g/mol. The van der Waals surface area contributed by atoms with Crippen LogP contribution in [0.15, 0.2) is 18.2 Å². The molecule has 0 heterocycles. The van der Waals surface area contributed by atoms with E-state index in [0.717, 1.165) is 19.4 Å². The van der Waals surface area contributed by atoms with Crippen molar-refractivity contribution in [1.29, 1.82) is 0 Å². The van der Waals surface area contributed by atoms with E-state index in [-0.39, 0.29) is 11.7 Å². The molecule has 2 nitrogen and oxygen atoms in total. The minimum Gasteiger partial charge on any atom is -0.316 e. The number of rotatable bonds is 7. The van der Waals surface area contributed by atoms with Crippen molar-refractivity contribution in [3.05, 3.63) is 33.8 Å². The van der Waals surface area contributed by atoms with E-state index in [1.165, 1.54) is 0 Å². The average Bonchev–Trinajstić information content (AvgIpc) is 2.37. The van der Waals surface area contributed by atoms with E-state index < -0.39 is 0 Å². The van der Waals surface area contributed by atoms with Gasteiger partial charge in [0.25, 0.3) is 0 Å². The van der Waals surface area contributed by atoms with Gasteiger partial charge >= 0.3 is 0 Å². The number of benzene rings is 1. The Balaban J connectivity index is 2.83. The summed E-state index contributed by atoms with van der Waals surface area (Å²) in [5.41, 5.74) is 0.640. The third kappa shape index (κ3) is 4.27. The molecule has 0 aliphatic heterocycles. The minimum absolute atomic E-state index is 0.00666. The maximum atomic E-state index is 12.4. The Morgan fingerprint density at radius 2 is 2.00 bits per heavy atom. The van der Waals surface area contributed by atoms with Crippen molar-refractivity contribution in [2.75, 3.05) is 13.1 Å². The summed E-state index contributed by atoms with van der Waals surface area (Å²) in [5.74, 6) is 0.142. The molecule has 18 heavy (non-hydrogen) atoms. The smallest absolute Gasteiger partial charge is 0.167 e. The second kappa shape index (κ2) is 7.78. The van der Waals surface area contributed by atoms with Gasteiger partial charge in [0.15, 0.2) is 5.78 Å². The van der Waals surface area contributed by atoms with Crippen LogP contribution in [0.1, 0.15) is 37.0 Å². The lowest BCUT2D eigenvalue weighted by atomic mass is 9.93. The molecule has 0 amide bonds. The molecule has 0 bridgehead atoms. The number of Topliss-reactive ketones (excluding diaryl/α,β-unsaturated/α-hetero) is 1. The van der Waals surface area contributed by atoms with Crippen LogP contribution in [0.4, 0.5) is 0 Å². The highest BCUT2D eigenvalue weighted by Crippen LogP contribution is 2.24. The fourth-order valence-corrected chi connectivity index (χ4v) is 2.18. The second-order valence-corrected chi connectivity index (χ2v) is 5.10. The van der Waals surface area contributed by atoms with Crippen LogP contribution in [-0.2, 0) is 0 Å². The zero-order valence-electron chi connectivity index (χ0n) is 10.8. The zero-order chi connectivity index (χ0) is 13.5. The van der Waals surface area contributed by atoms with Crippen LogP contribution < -0.4 is 5.32 Å². The van der Waals surface area contributed by atoms with Crippen LogP contribution >= 0.6 is 23.2 Å². The molecule has 1 aromatic carbocycles. The number of ketones is 1. The summed E-state index contributed by atoms with van der Waals surface area (Å²) in [4.78, 5) is 12.4. The molecule has 100 valence electrons. The van der Waals surface area contributed by atoms with E-state index >= 15 is 0 Å². The van der Waals surface area contributed by atoms with Gasteiger partial charge < -0.3 is 5.32 Å². The van der Waals surface area contributed by atoms with Gasteiger partial charge in [-0.2, -0.15) is 0 Å². The first kappa shape index (κ1) is 15.5. The van der Waals surface area contributed by atoms with Gasteiger partial charge in [-0.05, 0) is 31.2 Å². The Hall–Kier alpha value is -0.570. The molecule has 0 saturated heterocycles. The molecule has 1 atom stereocenters. The number of hydrogen-bond acceptors (Lipinski definition) is 2. The summed E-state index contributed by atoms with van der Waals surface area (Å²) in [6, 6.07) is 5.07. The predicted octanol–water partition coefficient (Wildman–Crippen LogP) is 4.20. The summed E-state index contributed by atoms with van der Waals surface area (Å²) in [7, 11) is 0. The van der Waals surface area contributed by atoms with Gasteiger partial charge in [0.2, 0.25) is 0 Å². The Bertz CT molecular complexity index is 407. The van der Waals surface area contributed by atoms with Crippen LogP contribution in [0.5, 0.6) is 0 Å². The summed E-state index contributed by atoms with van der Waals surface area (Å²) < 4.78 is 0. The van der Waals surface area contributed by atoms with Crippen molar-refractivity contribution < 1.29 is 4.79 Å². The summed E-state index contributed by atoms with van der Waals surface area (Å²) in [6.07, 6.45) is 1.87. The number of hydrogen-bond donors (Lipinski definition) is 1. The van der Waals surface area contributed by atoms with Crippen molar-refractivity contribution >= 4 is 29.0 Å². The largest absolute Gasteiger partial charge is 0.316 e. The third-order valence-corrected chi connectivity index (χ3v) is 3.59. The maximum absolute atomic E-state index is 12.4. The van der Waals surface area contributed by atoms with Gasteiger partial charge in [0.05, 0.1) is 10.0 Å². The van der Waals surface area contributed by atoms with Crippen LogP contribution in [-0.4, -0.2) is 18.9 Å². The lowest BCUT2D eigenvalue weighted by molar-refractivity contribution is 0.0911. The standard InChI is InChI=1S/C14H19Cl2NO/c1-3-5-11(9-17-4-2)14(18)10-6-7-12(15)13(16)8-10/h6-8,11,17H,3-5,9H2,1-2H3. The first-order chi connectivity index (χ1) is 8.60. The first-order valence-corrected chi connectivity index (χ1v) is 7.05. The van der Waals surface area contributed by atoms with Crippen LogP contribution in [0.2, 0.25) is 10.0 Å². The summed E-state index contributed by atoms with van der Waals surface area (Å²) in [5, 5.41) is 4.14. The van der Waals surface area contributed by atoms with Gasteiger partial charge in [0.1, 0.15) is 0 Å². The van der Waals surface area contributed by atoms with Crippen molar-refractivity contribution in [1.82, 2.24) is 5.32 Å². The maximum Gasteiger partial charge on any atom is 0.167 e. The normalized spacial score (nSPS) is 12.4. The highest BCUT2D eigenvalue weighted by molar-refractivity contribution is 6.42. The lowest BCUT2D eigenvalue weighted by Gasteiger charge is -2.15. The molecule has 0 saturated carbocycles. The molecule has 1 aromatic rings. The quantitative estimate of drug-likeness (QED) is 0.762. The third-order valence-electron chi connectivity index (χ3n) is 2.85. The zero-order valence-corrected chi connectivity index (χ0v) is 12.3.